The van der Waals surface area contributed by atoms with Gasteiger partial charge in [-0.3, -0.25) is 14.7 Å². The average molecular weight is 330 g/mol. The zero-order valence-electron chi connectivity index (χ0n) is 12.1. The molecule has 0 aliphatic rings. The molecule has 0 fully saturated rings. The van der Waals surface area contributed by atoms with Crippen molar-refractivity contribution in [1.29, 1.82) is 0 Å². The molecule has 3 rings (SSSR count). The van der Waals surface area contributed by atoms with Crippen LogP contribution in [0.3, 0.4) is 0 Å². The molecule has 1 amide bonds. The van der Waals surface area contributed by atoms with Crippen LogP contribution in [-0.2, 0) is 0 Å². The summed E-state index contributed by atoms with van der Waals surface area (Å²) in [7, 11) is 1.49. The predicted molar refractivity (Wildman–Crippen MR) is 88.3 cm³/mol. The summed E-state index contributed by atoms with van der Waals surface area (Å²) in [6, 6.07) is 11.7. The molecule has 0 spiro atoms. The monoisotopic (exact) mass is 329 g/mol. The first kappa shape index (κ1) is 15.1. The lowest BCUT2D eigenvalue weighted by molar-refractivity contribution is 0.102. The van der Waals surface area contributed by atoms with Gasteiger partial charge in [0.05, 0.1) is 23.7 Å². The minimum Gasteiger partial charge on any atom is -0.495 e. The summed E-state index contributed by atoms with van der Waals surface area (Å²) in [4.78, 5) is 24.8. The Morgan fingerprint density at radius 1 is 1.26 bits per heavy atom. The van der Waals surface area contributed by atoms with Crippen molar-refractivity contribution in [1.82, 2.24) is 10.2 Å². The lowest BCUT2D eigenvalue weighted by Gasteiger charge is -2.09. The lowest BCUT2D eigenvalue weighted by Crippen LogP contribution is -2.24. The van der Waals surface area contributed by atoms with E-state index in [1.54, 1.807) is 36.4 Å². The Labute approximate surface area is 136 Å². The summed E-state index contributed by atoms with van der Waals surface area (Å²) in [5.74, 6) is -0.140. The molecular formula is C16H12ClN3O3. The fraction of sp³-hybridized carbons (Fsp3) is 0.0625. The summed E-state index contributed by atoms with van der Waals surface area (Å²) in [5, 5.41) is 9.87. The SMILES string of the molecule is COc1ccccc1NC(=O)c1n[nH]c2ccc(Cl)cc2c1=O. The third kappa shape index (κ3) is 2.89. The van der Waals surface area contributed by atoms with Crippen LogP contribution in [0, 0.1) is 0 Å². The number of carbonyl (C=O) groups is 1. The molecule has 7 heteroatoms. The van der Waals surface area contributed by atoms with Gasteiger partial charge in [0.1, 0.15) is 5.75 Å². The number of halogens is 1. The highest BCUT2D eigenvalue weighted by Gasteiger charge is 2.16. The molecule has 0 aliphatic carbocycles. The van der Waals surface area contributed by atoms with Gasteiger partial charge in [-0.15, -0.1) is 0 Å². The topological polar surface area (TPSA) is 84.1 Å². The number of H-pyrrole nitrogens is 1. The van der Waals surface area contributed by atoms with Crippen molar-refractivity contribution in [3.05, 3.63) is 63.4 Å². The van der Waals surface area contributed by atoms with E-state index in [2.05, 4.69) is 15.5 Å². The van der Waals surface area contributed by atoms with Crippen LogP contribution in [0.1, 0.15) is 10.5 Å². The van der Waals surface area contributed by atoms with E-state index in [1.165, 1.54) is 13.2 Å². The Hall–Kier alpha value is -2.86. The maximum atomic E-state index is 12.4. The molecule has 3 aromatic rings. The Morgan fingerprint density at radius 3 is 2.83 bits per heavy atom. The Balaban J connectivity index is 2.01. The van der Waals surface area contributed by atoms with E-state index in [1.807, 2.05) is 0 Å². The summed E-state index contributed by atoms with van der Waals surface area (Å²) in [5.41, 5.74) is 0.222. The van der Waals surface area contributed by atoms with E-state index >= 15 is 0 Å². The number of ether oxygens (including phenoxy) is 1. The average Bonchev–Trinajstić information content (AvgIpc) is 2.56. The number of benzene rings is 2. The molecule has 1 aromatic heterocycles. The lowest BCUT2D eigenvalue weighted by atomic mass is 10.2. The Kier molecular flexibility index (Phi) is 3.99. The van der Waals surface area contributed by atoms with Crippen LogP contribution >= 0.6 is 11.6 Å². The number of hydrogen-bond acceptors (Lipinski definition) is 4. The summed E-state index contributed by atoms with van der Waals surface area (Å²) in [6.07, 6.45) is 0. The third-order valence-corrected chi connectivity index (χ3v) is 3.53. The number of methoxy groups -OCH3 is 1. The van der Waals surface area contributed by atoms with Gasteiger partial charge in [-0.2, -0.15) is 5.10 Å². The van der Waals surface area contributed by atoms with E-state index in [0.717, 1.165) is 0 Å². The van der Waals surface area contributed by atoms with Crippen LogP contribution in [-0.4, -0.2) is 23.2 Å². The van der Waals surface area contributed by atoms with Gasteiger partial charge in [-0.1, -0.05) is 23.7 Å². The number of nitrogens with one attached hydrogen (secondary N) is 2. The maximum Gasteiger partial charge on any atom is 0.280 e. The molecule has 0 saturated heterocycles. The van der Waals surface area contributed by atoms with Crippen LogP contribution < -0.4 is 15.5 Å². The van der Waals surface area contributed by atoms with Gasteiger partial charge < -0.3 is 10.1 Å². The van der Waals surface area contributed by atoms with Gasteiger partial charge in [0, 0.05) is 5.02 Å². The number of carbonyl (C=O) groups excluding carboxylic acids is 1. The molecule has 0 atom stereocenters. The first-order chi connectivity index (χ1) is 11.1. The third-order valence-electron chi connectivity index (χ3n) is 3.30. The number of para-hydroxylation sites is 2. The molecule has 0 aliphatic heterocycles. The summed E-state index contributed by atoms with van der Waals surface area (Å²) >= 11 is 5.90. The molecule has 23 heavy (non-hydrogen) atoms. The highest BCUT2D eigenvalue weighted by Crippen LogP contribution is 2.23. The van der Waals surface area contributed by atoms with E-state index in [9.17, 15) is 9.59 Å². The number of hydrogen-bond donors (Lipinski definition) is 2. The highest BCUT2D eigenvalue weighted by molar-refractivity contribution is 6.31. The van der Waals surface area contributed by atoms with Crippen LogP contribution in [0.25, 0.3) is 10.9 Å². The van der Waals surface area contributed by atoms with Crippen molar-refractivity contribution in [2.45, 2.75) is 0 Å². The molecule has 0 bridgehead atoms. The van der Waals surface area contributed by atoms with Crippen molar-refractivity contribution in [3.8, 4) is 5.75 Å². The maximum absolute atomic E-state index is 12.4. The molecule has 116 valence electrons. The van der Waals surface area contributed by atoms with Gasteiger partial charge >= 0.3 is 0 Å². The number of aromatic amines is 1. The standard InChI is InChI=1S/C16H12ClN3O3/c1-23-13-5-3-2-4-12(13)18-16(22)14-15(21)10-8-9(17)6-7-11(10)19-20-14/h2-8H,1H3,(H,18,22)(H,19,21). The van der Waals surface area contributed by atoms with E-state index < -0.39 is 11.3 Å². The van der Waals surface area contributed by atoms with Crippen LogP contribution in [0.5, 0.6) is 5.75 Å². The van der Waals surface area contributed by atoms with Gasteiger partial charge in [0.2, 0.25) is 5.43 Å². The number of fused-ring (bicyclic) bond motifs is 1. The molecule has 2 N–H and O–H groups in total. The Morgan fingerprint density at radius 2 is 2.04 bits per heavy atom. The number of rotatable bonds is 3. The highest BCUT2D eigenvalue weighted by atomic mass is 35.5. The van der Waals surface area contributed by atoms with Crippen LogP contribution in [0.4, 0.5) is 5.69 Å². The summed E-state index contributed by atoms with van der Waals surface area (Å²) < 4.78 is 5.16. The Bertz CT molecular complexity index is 953. The van der Waals surface area contributed by atoms with Gasteiger partial charge in [-0.05, 0) is 30.3 Å². The van der Waals surface area contributed by atoms with Crippen molar-refractivity contribution in [3.63, 3.8) is 0 Å². The second kappa shape index (κ2) is 6.10. The normalized spacial score (nSPS) is 10.5. The van der Waals surface area contributed by atoms with E-state index in [-0.39, 0.29) is 5.69 Å². The van der Waals surface area contributed by atoms with Crippen molar-refractivity contribution < 1.29 is 9.53 Å². The van der Waals surface area contributed by atoms with E-state index in [0.29, 0.717) is 27.4 Å². The zero-order valence-corrected chi connectivity index (χ0v) is 12.8. The number of anilines is 1. The van der Waals surface area contributed by atoms with Crippen LogP contribution in [0.15, 0.2) is 47.3 Å². The number of amides is 1. The quantitative estimate of drug-likeness (QED) is 0.774. The van der Waals surface area contributed by atoms with Crippen LogP contribution in [0.2, 0.25) is 5.02 Å². The fourth-order valence-corrected chi connectivity index (χ4v) is 2.35. The molecular weight excluding hydrogens is 318 g/mol. The molecule has 2 aromatic carbocycles. The zero-order chi connectivity index (χ0) is 16.4. The minimum absolute atomic E-state index is 0.245. The van der Waals surface area contributed by atoms with E-state index in [4.69, 9.17) is 16.3 Å². The smallest absolute Gasteiger partial charge is 0.280 e. The minimum atomic E-state index is -0.627. The largest absolute Gasteiger partial charge is 0.495 e. The molecule has 6 nitrogen and oxygen atoms in total. The first-order valence-corrected chi connectivity index (χ1v) is 7.10. The second-order valence-electron chi connectivity index (χ2n) is 4.75. The number of nitrogens with zero attached hydrogens (tertiary/aromatic N) is 1. The molecule has 0 saturated carbocycles. The van der Waals surface area contributed by atoms with Gasteiger partial charge in [0.25, 0.3) is 5.91 Å². The van der Waals surface area contributed by atoms with Crippen molar-refractivity contribution >= 4 is 34.1 Å². The first-order valence-electron chi connectivity index (χ1n) is 6.72. The number of aromatic nitrogens is 2. The van der Waals surface area contributed by atoms with Crippen molar-refractivity contribution in [2.75, 3.05) is 12.4 Å². The second-order valence-corrected chi connectivity index (χ2v) is 5.18. The predicted octanol–water partition coefficient (Wildman–Crippen LogP) is 2.84. The van der Waals surface area contributed by atoms with Gasteiger partial charge in [0.15, 0.2) is 5.69 Å². The fourth-order valence-electron chi connectivity index (χ4n) is 2.18. The van der Waals surface area contributed by atoms with Crippen molar-refractivity contribution in [2.24, 2.45) is 0 Å². The molecule has 0 unspecified atom stereocenters. The van der Waals surface area contributed by atoms with Gasteiger partial charge in [-0.25, -0.2) is 0 Å². The molecule has 0 radical (unpaired) electrons. The summed E-state index contributed by atoms with van der Waals surface area (Å²) in [6.45, 7) is 0. The molecule has 1 heterocycles.